The van der Waals surface area contributed by atoms with Crippen molar-refractivity contribution >= 4 is 11.3 Å². The minimum absolute atomic E-state index is 0.365. The van der Waals surface area contributed by atoms with Crippen molar-refractivity contribution < 1.29 is 23.4 Å². The fourth-order valence-electron chi connectivity index (χ4n) is 3.96. The Kier molecular flexibility index (Phi) is 3.79. The summed E-state index contributed by atoms with van der Waals surface area (Å²) in [7, 11) is 3.18. The molecule has 0 N–H and O–H groups in total. The topological polar surface area (TPSA) is 67.1 Å². The third kappa shape index (κ3) is 2.40. The molecule has 7 heteroatoms. The first kappa shape index (κ1) is 17.3. The molecule has 0 aliphatic carbocycles. The van der Waals surface area contributed by atoms with Crippen LogP contribution in [0.4, 0.5) is 0 Å². The number of fused-ring (bicyclic) bond motifs is 6. The minimum Gasteiger partial charge on any atom is -0.493 e. The third-order valence-electron chi connectivity index (χ3n) is 5.23. The lowest BCUT2D eigenvalue weighted by molar-refractivity contribution is -0.238. The predicted octanol–water partition coefficient (Wildman–Crippen LogP) is 3.93. The summed E-state index contributed by atoms with van der Waals surface area (Å²) in [5.41, 5.74) is 2.65. The van der Waals surface area contributed by atoms with Gasteiger partial charge in [0.25, 0.3) is 0 Å². The molecule has 4 heterocycles. The van der Waals surface area contributed by atoms with E-state index in [0.29, 0.717) is 35.0 Å². The number of ether oxygens (including phenoxy) is 4. The van der Waals surface area contributed by atoms with E-state index in [1.54, 1.807) is 38.5 Å². The Morgan fingerprint density at radius 3 is 2.68 bits per heavy atom. The zero-order valence-corrected chi connectivity index (χ0v) is 16.4. The molecule has 2 atom stereocenters. The van der Waals surface area contributed by atoms with Crippen molar-refractivity contribution in [3.63, 3.8) is 0 Å². The fraction of sp³-hybridized carbons (Fsp3) is 0.286. The first-order valence-electron chi connectivity index (χ1n) is 8.83. The standard InChI is InChI=1S/C21H18O6S/c1-11-6-17-18(20(22)25-11)19-14-8-16(24-3)15(23-2)7-12(14)9-21(26-17,27-19)13-4-5-28-10-13/h4-8,10,19H,9H2,1-3H3. The number of thiophene rings is 1. The summed E-state index contributed by atoms with van der Waals surface area (Å²) >= 11 is 1.57. The summed E-state index contributed by atoms with van der Waals surface area (Å²) < 4.78 is 29.0. The van der Waals surface area contributed by atoms with Gasteiger partial charge in [0.05, 0.1) is 14.2 Å². The zero-order valence-electron chi connectivity index (χ0n) is 15.6. The molecule has 144 valence electrons. The van der Waals surface area contributed by atoms with Crippen LogP contribution in [0.3, 0.4) is 0 Å². The average Bonchev–Trinajstić information content (AvgIpc) is 3.22. The lowest BCUT2D eigenvalue weighted by atomic mass is 9.85. The molecular formula is C21H18O6S. The molecule has 0 saturated heterocycles. The van der Waals surface area contributed by atoms with Crippen LogP contribution < -0.4 is 19.8 Å². The van der Waals surface area contributed by atoms with Crippen molar-refractivity contribution in [2.75, 3.05) is 14.2 Å². The molecule has 2 bridgehead atoms. The van der Waals surface area contributed by atoms with Gasteiger partial charge in [-0.1, -0.05) is 0 Å². The highest BCUT2D eigenvalue weighted by Gasteiger charge is 2.50. The largest absolute Gasteiger partial charge is 0.493 e. The van der Waals surface area contributed by atoms with Crippen LogP contribution in [0.1, 0.15) is 34.1 Å². The van der Waals surface area contributed by atoms with Gasteiger partial charge in [-0.15, -0.1) is 0 Å². The van der Waals surface area contributed by atoms with E-state index in [-0.39, 0.29) is 0 Å². The molecule has 2 aromatic heterocycles. The Labute approximate surface area is 165 Å². The highest BCUT2D eigenvalue weighted by atomic mass is 32.1. The first-order valence-corrected chi connectivity index (χ1v) is 9.78. The van der Waals surface area contributed by atoms with Gasteiger partial charge in [0.2, 0.25) is 5.79 Å². The first-order chi connectivity index (χ1) is 13.5. The monoisotopic (exact) mass is 398 g/mol. The number of hydrogen-bond donors (Lipinski definition) is 0. The molecule has 0 spiro atoms. The summed E-state index contributed by atoms with van der Waals surface area (Å²) in [6.45, 7) is 1.73. The molecule has 28 heavy (non-hydrogen) atoms. The van der Waals surface area contributed by atoms with E-state index >= 15 is 0 Å². The maximum Gasteiger partial charge on any atom is 0.345 e. The average molecular weight is 398 g/mol. The smallest absolute Gasteiger partial charge is 0.345 e. The molecule has 0 radical (unpaired) electrons. The normalized spacial score (nSPS) is 22.0. The maximum absolute atomic E-state index is 12.7. The van der Waals surface area contributed by atoms with Gasteiger partial charge in [-0.2, -0.15) is 11.3 Å². The quantitative estimate of drug-likeness (QED) is 0.666. The maximum atomic E-state index is 12.7. The Balaban J connectivity index is 1.80. The molecule has 2 unspecified atom stereocenters. The summed E-state index contributed by atoms with van der Waals surface area (Å²) in [5.74, 6) is 1.19. The zero-order chi connectivity index (χ0) is 19.5. The number of hydrogen-bond acceptors (Lipinski definition) is 7. The molecule has 5 rings (SSSR count). The lowest BCUT2D eigenvalue weighted by Gasteiger charge is -2.45. The van der Waals surface area contributed by atoms with Crippen molar-refractivity contribution in [3.8, 4) is 17.2 Å². The molecule has 6 nitrogen and oxygen atoms in total. The second-order valence-corrected chi connectivity index (χ2v) is 7.65. The van der Waals surface area contributed by atoms with Crippen molar-refractivity contribution in [3.05, 3.63) is 73.5 Å². The Hall–Kier alpha value is -2.77. The number of methoxy groups -OCH3 is 2. The Morgan fingerprint density at radius 1 is 1.18 bits per heavy atom. The number of benzene rings is 1. The summed E-state index contributed by atoms with van der Waals surface area (Å²) in [6.07, 6.45) is -0.140. The van der Waals surface area contributed by atoms with E-state index in [0.717, 1.165) is 16.7 Å². The van der Waals surface area contributed by atoms with Crippen LogP contribution in [0.25, 0.3) is 0 Å². The van der Waals surface area contributed by atoms with Crippen LogP contribution in [0.2, 0.25) is 0 Å². The molecule has 2 aliphatic heterocycles. The van der Waals surface area contributed by atoms with Gasteiger partial charge in [-0.05, 0) is 41.6 Å². The van der Waals surface area contributed by atoms with Crippen molar-refractivity contribution in [1.29, 1.82) is 0 Å². The van der Waals surface area contributed by atoms with Crippen LogP contribution in [0.5, 0.6) is 17.2 Å². The minimum atomic E-state index is -1.01. The molecule has 0 saturated carbocycles. The van der Waals surface area contributed by atoms with E-state index in [4.69, 9.17) is 23.4 Å². The second-order valence-electron chi connectivity index (χ2n) is 6.87. The SMILES string of the molecule is COc1cc2c(cc1OC)C1OC(c3ccsc3)(C2)Oc2cc(C)oc(=O)c21. The van der Waals surface area contributed by atoms with Gasteiger partial charge in [0.15, 0.2) is 11.5 Å². The highest BCUT2D eigenvalue weighted by Crippen LogP contribution is 2.53. The van der Waals surface area contributed by atoms with E-state index in [1.165, 1.54) is 0 Å². The van der Waals surface area contributed by atoms with Gasteiger partial charge in [-0.3, -0.25) is 0 Å². The van der Waals surface area contributed by atoms with E-state index < -0.39 is 17.5 Å². The lowest BCUT2D eigenvalue weighted by Crippen LogP contribution is -2.47. The van der Waals surface area contributed by atoms with E-state index in [1.807, 2.05) is 29.0 Å². The highest BCUT2D eigenvalue weighted by molar-refractivity contribution is 7.08. The number of rotatable bonds is 3. The molecule has 0 fully saturated rings. The predicted molar refractivity (Wildman–Crippen MR) is 103 cm³/mol. The van der Waals surface area contributed by atoms with Crippen molar-refractivity contribution in [2.45, 2.75) is 25.2 Å². The fourth-order valence-corrected chi connectivity index (χ4v) is 4.67. The Morgan fingerprint density at radius 2 is 1.96 bits per heavy atom. The molecular weight excluding hydrogens is 380 g/mol. The summed E-state index contributed by atoms with van der Waals surface area (Å²) in [4.78, 5) is 12.7. The number of aryl methyl sites for hydroxylation is 1. The van der Waals surface area contributed by atoms with Crippen molar-refractivity contribution in [1.82, 2.24) is 0 Å². The van der Waals surface area contributed by atoms with Crippen LogP contribution in [-0.4, -0.2) is 14.2 Å². The van der Waals surface area contributed by atoms with E-state index in [9.17, 15) is 4.79 Å². The molecule has 0 amide bonds. The van der Waals surface area contributed by atoms with Gasteiger partial charge in [0, 0.05) is 23.4 Å². The van der Waals surface area contributed by atoms with Crippen LogP contribution in [-0.2, 0) is 16.9 Å². The van der Waals surface area contributed by atoms with Crippen LogP contribution in [0.15, 0.2) is 44.2 Å². The van der Waals surface area contributed by atoms with Gasteiger partial charge < -0.3 is 23.4 Å². The molecule has 3 aromatic rings. The summed E-state index contributed by atoms with van der Waals surface area (Å²) in [6, 6.07) is 7.52. The summed E-state index contributed by atoms with van der Waals surface area (Å²) in [5, 5.41) is 3.99. The molecule has 2 aliphatic rings. The van der Waals surface area contributed by atoms with Gasteiger partial charge >= 0.3 is 5.63 Å². The second kappa shape index (κ2) is 6.12. The van der Waals surface area contributed by atoms with Crippen molar-refractivity contribution in [2.24, 2.45) is 0 Å². The molecule has 1 aromatic carbocycles. The Bertz CT molecular complexity index is 1120. The van der Waals surface area contributed by atoms with Gasteiger partial charge in [-0.25, -0.2) is 4.79 Å². The van der Waals surface area contributed by atoms with Crippen LogP contribution >= 0.6 is 11.3 Å². The van der Waals surface area contributed by atoms with Gasteiger partial charge in [0.1, 0.15) is 23.2 Å². The van der Waals surface area contributed by atoms with Crippen LogP contribution in [0, 0.1) is 6.92 Å². The third-order valence-corrected chi connectivity index (χ3v) is 5.91. The van der Waals surface area contributed by atoms with E-state index in [2.05, 4.69) is 0 Å².